The maximum absolute atomic E-state index is 14.5. The molecule has 6 rings (SSSR count). The first-order valence-electron chi connectivity index (χ1n) is 20.5. The molecule has 8 N–H and O–H groups in total. The Morgan fingerprint density at radius 3 is 2.13 bits per heavy atom. The zero-order chi connectivity index (χ0) is 40.4. The van der Waals surface area contributed by atoms with Crippen LogP contribution in [0.3, 0.4) is 0 Å². The van der Waals surface area contributed by atoms with Crippen molar-refractivity contribution in [2.24, 2.45) is 45.3 Å². The predicted molar refractivity (Wildman–Crippen MR) is 200 cm³/mol. The van der Waals surface area contributed by atoms with Gasteiger partial charge in [-0.3, -0.25) is 4.79 Å². The lowest BCUT2D eigenvalue weighted by Gasteiger charge is -2.64. The number of ether oxygens (including phenoxy) is 4. The van der Waals surface area contributed by atoms with E-state index in [9.17, 15) is 45.6 Å². The Morgan fingerprint density at radius 1 is 0.855 bits per heavy atom. The molecule has 0 bridgehead atoms. The highest BCUT2D eigenvalue weighted by molar-refractivity contribution is 5.88. The Hall–Kier alpha value is -1.33. The number of rotatable bonds is 11. The summed E-state index contributed by atoms with van der Waals surface area (Å²) >= 11 is 0. The van der Waals surface area contributed by atoms with Gasteiger partial charge in [-0.05, 0) is 86.4 Å². The van der Waals surface area contributed by atoms with Crippen LogP contribution in [-0.4, -0.2) is 134 Å². The number of hydrogen-bond acceptors (Lipinski definition) is 13. The van der Waals surface area contributed by atoms with E-state index in [1.54, 1.807) is 0 Å². The summed E-state index contributed by atoms with van der Waals surface area (Å²) in [6.07, 6.45) is -3.58. The fourth-order valence-electron chi connectivity index (χ4n) is 12.0. The number of aliphatic hydroxyl groups is 8. The first-order valence-corrected chi connectivity index (χ1v) is 20.5. The van der Waals surface area contributed by atoms with Crippen molar-refractivity contribution in [3.63, 3.8) is 0 Å². The van der Waals surface area contributed by atoms with E-state index in [0.29, 0.717) is 24.0 Å². The van der Waals surface area contributed by atoms with E-state index in [-0.39, 0.29) is 40.8 Å². The SMILES string of the molecule is C/C(=C\CC[C@@H](C)[C@H]1CC[C@@]2(C)[C@@H]3CC=C4[C@@H](CC[C@H](O)C4(C)C)[C@]3(C)C(=O)C[C@]12C)CO[C@@H]1O[C@H](CO[C@@H]2O[C@H](CO)[C@@H](O)[C@H](O)[C@@H]2O)[C@@H](O)[C@H](O)[C@@H]1O. The van der Waals surface area contributed by atoms with Crippen LogP contribution < -0.4 is 0 Å². The van der Waals surface area contributed by atoms with Gasteiger partial charge in [0.1, 0.15) is 54.6 Å². The summed E-state index contributed by atoms with van der Waals surface area (Å²) in [4.78, 5) is 14.5. The van der Waals surface area contributed by atoms with Crippen molar-refractivity contribution in [1.82, 2.24) is 0 Å². The molecule has 0 radical (unpaired) electrons. The Labute approximate surface area is 325 Å². The molecular weight excluding hydrogens is 712 g/mol. The molecule has 0 spiro atoms. The molecule has 5 fully saturated rings. The third-order valence-electron chi connectivity index (χ3n) is 15.9. The molecule has 13 heteroatoms. The lowest BCUT2D eigenvalue weighted by Crippen LogP contribution is -2.63. The second-order valence-electron chi connectivity index (χ2n) is 19.1. The standard InChI is InChI=1S/C42H68O13/c1-21(19-52-37-36(51)34(49)32(47)27(55-37)20-53-38-35(50)33(48)31(46)26(18-43)54-38)9-8-10-22(2)23-15-16-40(5)28-13-11-24-25(12-14-29(44)39(24,3)4)42(28,7)30(45)17-41(23,40)6/h9,11,22-23,25-29,31-38,43-44,46-51H,8,10,12-20H2,1-7H3/b21-9+/t22-,23-,25-,26-,27-,28+,29+,31-,32-,33+,34+,35+,36+,37-,38-,40+,41-,42+/m1/s1. The molecule has 6 aliphatic rings. The van der Waals surface area contributed by atoms with Crippen molar-refractivity contribution in [3.05, 3.63) is 23.3 Å². The fourth-order valence-corrected chi connectivity index (χ4v) is 12.0. The van der Waals surface area contributed by atoms with Crippen LogP contribution in [0.25, 0.3) is 0 Å². The number of carbonyl (C=O) groups excluding carboxylic acids is 1. The van der Waals surface area contributed by atoms with Gasteiger partial charge in [-0.25, -0.2) is 0 Å². The van der Waals surface area contributed by atoms with Crippen molar-refractivity contribution < 1.29 is 64.6 Å². The van der Waals surface area contributed by atoms with Crippen LogP contribution in [0.5, 0.6) is 0 Å². The van der Waals surface area contributed by atoms with Crippen molar-refractivity contribution in [1.29, 1.82) is 0 Å². The number of ketones is 1. The van der Waals surface area contributed by atoms with Crippen molar-refractivity contribution in [2.45, 2.75) is 167 Å². The Morgan fingerprint density at radius 2 is 1.47 bits per heavy atom. The van der Waals surface area contributed by atoms with Gasteiger partial charge in [0.05, 0.1) is 25.9 Å². The summed E-state index contributed by atoms with van der Waals surface area (Å²) in [6, 6.07) is 0. The molecule has 2 aliphatic heterocycles. The van der Waals surface area contributed by atoms with Crippen molar-refractivity contribution in [2.75, 3.05) is 19.8 Å². The zero-order valence-electron chi connectivity index (χ0n) is 33.7. The van der Waals surface area contributed by atoms with Crippen molar-refractivity contribution in [3.8, 4) is 0 Å². The molecule has 13 nitrogen and oxygen atoms in total. The molecule has 0 aromatic rings. The second kappa shape index (κ2) is 16.0. The van der Waals surface area contributed by atoms with E-state index >= 15 is 0 Å². The van der Waals surface area contributed by atoms with Crippen LogP contribution in [0.1, 0.15) is 99.8 Å². The molecule has 4 aliphatic carbocycles. The monoisotopic (exact) mass is 780 g/mol. The van der Waals surface area contributed by atoms with Gasteiger partial charge < -0.3 is 59.8 Å². The van der Waals surface area contributed by atoms with Gasteiger partial charge in [-0.2, -0.15) is 0 Å². The smallest absolute Gasteiger partial charge is 0.187 e. The van der Waals surface area contributed by atoms with Crippen LogP contribution in [0, 0.1) is 45.3 Å². The molecule has 2 heterocycles. The number of aliphatic hydroxyl groups excluding tert-OH is 8. The minimum atomic E-state index is -1.65. The zero-order valence-corrected chi connectivity index (χ0v) is 33.7. The van der Waals surface area contributed by atoms with Crippen LogP contribution in [0.4, 0.5) is 0 Å². The lowest BCUT2D eigenvalue weighted by atomic mass is 9.38. The Balaban J connectivity index is 1.03. The number of hydrogen-bond donors (Lipinski definition) is 8. The summed E-state index contributed by atoms with van der Waals surface area (Å²) in [6.45, 7) is 14.6. The van der Waals surface area contributed by atoms with Crippen molar-refractivity contribution >= 4 is 5.78 Å². The molecule has 18 atom stereocenters. The number of Topliss-reactive ketones (excluding diaryl/α,β-unsaturated/α-hetero) is 1. The van der Waals surface area contributed by atoms with E-state index in [1.165, 1.54) is 5.57 Å². The number of carbonyl (C=O) groups is 1. The summed E-state index contributed by atoms with van der Waals surface area (Å²) < 4.78 is 22.5. The average molecular weight is 781 g/mol. The molecule has 3 saturated carbocycles. The van der Waals surface area contributed by atoms with Gasteiger partial charge in [0.15, 0.2) is 12.6 Å². The minimum absolute atomic E-state index is 0.0348. The van der Waals surface area contributed by atoms with Gasteiger partial charge in [0, 0.05) is 17.3 Å². The van der Waals surface area contributed by atoms with Gasteiger partial charge in [0.25, 0.3) is 0 Å². The molecule has 0 aromatic heterocycles. The van der Waals surface area contributed by atoms with Crippen LogP contribution in [-0.2, 0) is 23.7 Å². The molecule has 0 aromatic carbocycles. The maximum Gasteiger partial charge on any atom is 0.187 e. The molecular formula is C42H68O13. The lowest BCUT2D eigenvalue weighted by molar-refractivity contribution is -0.330. The van der Waals surface area contributed by atoms with Gasteiger partial charge in [-0.1, -0.05) is 64.8 Å². The summed E-state index contributed by atoms with van der Waals surface area (Å²) in [5, 5.41) is 82.4. The Bertz CT molecular complexity index is 1450. The molecule has 0 unspecified atom stereocenters. The van der Waals surface area contributed by atoms with E-state index in [1.807, 2.05) is 6.92 Å². The molecule has 314 valence electrons. The third kappa shape index (κ3) is 7.24. The summed E-state index contributed by atoms with van der Waals surface area (Å²) in [7, 11) is 0. The molecule has 0 amide bonds. The maximum atomic E-state index is 14.5. The predicted octanol–water partition coefficient (Wildman–Crippen LogP) is 2.13. The highest BCUT2D eigenvalue weighted by Gasteiger charge is 2.70. The highest BCUT2D eigenvalue weighted by Crippen LogP contribution is 2.74. The third-order valence-corrected chi connectivity index (χ3v) is 15.9. The molecule has 2 saturated heterocycles. The second-order valence-corrected chi connectivity index (χ2v) is 19.1. The average Bonchev–Trinajstić information content (AvgIpc) is 3.41. The van der Waals surface area contributed by atoms with E-state index in [2.05, 4.69) is 53.7 Å². The summed E-state index contributed by atoms with van der Waals surface area (Å²) in [5.41, 5.74) is 1.40. The number of fused-ring (bicyclic) bond motifs is 5. The van der Waals surface area contributed by atoms with Crippen LogP contribution in [0.15, 0.2) is 23.3 Å². The highest BCUT2D eigenvalue weighted by atomic mass is 16.7. The van der Waals surface area contributed by atoms with Gasteiger partial charge in [-0.15, -0.1) is 0 Å². The number of allylic oxidation sites excluding steroid dienone is 2. The van der Waals surface area contributed by atoms with E-state index in [4.69, 9.17) is 18.9 Å². The van der Waals surface area contributed by atoms with Crippen LogP contribution >= 0.6 is 0 Å². The first kappa shape index (κ1) is 43.3. The largest absolute Gasteiger partial charge is 0.394 e. The fraction of sp³-hybridized carbons (Fsp3) is 0.881. The Kier molecular flexibility index (Phi) is 12.6. The van der Waals surface area contributed by atoms with E-state index in [0.717, 1.165) is 50.5 Å². The van der Waals surface area contributed by atoms with Gasteiger partial charge >= 0.3 is 0 Å². The quantitative estimate of drug-likeness (QED) is 0.141. The normalized spacial score (nSPS) is 49.1. The van der Waals surface area contributed by atoms with Gasteiger partial charge in [0.2, 0.25) is 0 Å². The minimum Gasteiger partial charge on any atom is -0.394 e. The first-order chi connectivity index (χ1) is 25.7. The molecule has 55 heavy (non-hydrogen) atoms. The van der Waals surface area contributed by atoms with Crippen LogP contribution in [0.2, 0.25) is 0 Å². The topological polar surface area (TPSA) is 216 Å². The summed E-state index contributed by atoms with van der Waals surface area (Å²) in [5.74, 6) is 1.66. The van der Waals surface area contributed by atoms with E-state index < -0.39 is 80.0 Å².